The standard InChI is InChI=1S/C29H50O3S/c1-4-5-6-7-8-9-10-11-12-13-14-15-16-17-18-19-20-29(33,28(31)32)23-26-21-24(2)27(30)25(3)22-26/h21-22,24,33H,4-20,23H2,1-3H3,(H,31,32). The van der Waals surface area contributed by atoms with Crippen LogP contribution in [0.5, 0.6) is 0 Å². The van der Waals surface area contributed by atoms with Crippen LogP contribution in [0.1, 0.15) is 136 Å². The van der Waals surface area contributed by atoms with Gasteiger partial charge in [-0.1, -0.05) is 129 Å². The van der Waals surface area contributed by atoms with Crippen molar-refractivity contribution < 1.29 is 14.7 Å². The highest BCUT2D eigenvalue weighted by molar-refractivity contribution is 7.82. The molecule has 0 fully saturated rings. The first-order valence-electron chi connectivity index (χ1n) is 13.7. The lowest BCUT2D eigenvalue weighted by atomic mass is 9.85. The molecule has 2 atom stereocenters. The van der Waals surface area contributed by atoms with Crippen LogP contribution in [0.25, 0.3) is 0 Å². The monoisotopic (exact) mass is 478 g/mol. The number of carboxylic acid groups (broad SMARTS) is 1. The average molecular weight is 479 g/mol. The molecule has 0 aliphatic heterocycles. The van der Waals surface area contributed by atoms with Gasteiger partial charge in [0.15, 0.2) is 5.78 Å². The number of carbonyl (C=O) groups excluding carboxylic acids is 1. The smallest absolute Gasteiger partial charge is 0.319 e. The normalized spacial score (nSPS) is 18.1. The third kappa shape index (κ3) is 12.9. The van der Waals surface area contributed by atoms with Crippen LogP contribution in [0.4, 0.5) is 0 Å². The van der Waals surface area contributed by atoms with Gasteiger partial charge in [0.2, 0.25) is 0 Å². The van der Waals surface area contributed by atoms with Crippen molar-refractivity contribution >= 4 is 24.4 Å². The molecule has 0 saturated carbocycles. The summed E-state index contributed by atoms with van der Waals surface area (Å²) in [6.45, 7) is 5.95. The molecule has 0 spiro atoms. The first-order valence-corrected chi connectivity index (χ1v) is 14.1. The van der Waals surface area contributed by atoms with E-state index in [1.54, 1.807) is 0 Å². The van der Waals surface area contributed by atoms with Crippen LogP contribution >= 0.6 is 12.6 Å². The zero-order chi connectivity index (χ0) is 24.5. The maximum absolute atomic E-state index is 12.0. The van der Waals surface area contributed by atoms with Crippen LogP contribution in [0, 0.1) is 5.92 Å². The van der Waals surface area contributed by atoms with E-state index in [9.17, 15) is 14.7 Å². The van der Waals surface area contributed by atoms with Gasteiger partial charge in [-0.3, -0.25) is 9.59 Å². The van der Waals surface area contributed by atoms with E-state index >= 15 is 0 Å². The molecule has 33 heavy (non-hydrogen) atoms. The minimum atomic E-state index is -1.06. The Morgan fingerprint density at radius 1 is 0.879 bits per heavy atom. The van der Waals surface area contributed by atoms with Crippen LogP contribution in [-0.4, -0.2) is 21.6 Å². The van der Waals surface area contributed by atoms with Gasteiger partial charge < -0.3 is 5.11 Å². The molecule has 1 aliphatic rings. The number of thiol groups is 1. The molecule has 0 aromatic rings. The second-order valence-electron chi connectivity index (χ2n) is 10.3. The zero-order valence-corrected chi connectivity index (χ0v) is 22.6. The lowest BCUT2D eigenvalue weighted by Crippen LogP contribution is -2.33. The summed E-state index contributed by atoms with van der Waals surface area (Å²) in [5, 5.41) is 9.78. The third-order valence-electron chi connectivity index (χ3n) is 7.01. The molecule has 190 valence electrons. The van der Waals surface area contributed by atoms with Crippen molar-refractivity contribution in [1.82, 2.24) is 0 Å². The van der Waals surface area contributed by atoms with Crippen LogP contribution in [0.3, 0.4) is 0 Å². The fourth-order valence-corrected chi connectivity index (χ4v) is 5.18. The largest absolute Gasteiger partial charge is 0.480 e. The third-order valence-corrected chi connectivity index (χ3v) is 7.58. The number of Topliss-reactive ketones (excluding diaryl/α,β-unsaturated/α-hetero) is 1. The summed E-state index contributed by atoms with van der Waals surface area (Å²) in [6.07, 6.45) is 25.6. The van der Waals surface area contributed by atoms with Crippen LogP contribution < -0.4 is 0 Å². The zero-order valence-electron chi connectivity index (χ0n) is 21.7. The molecule has 1 N–H and O–H groups in total. The Labute approximate surface area is 209 Å². The first-order chi connectivity index (χ1) is 15.8. The summed E-state index contributed by atoms with van der Waals surface area (Å²) in [4.78, 5) is 23.9. The summed E-state index contributed by atoms with van der Waals surface area (Å²) in [6, 6.07) is 0. The highest BCUT2D eigenvalue weighted by Crippen LogP contribution is 2.34. The first kappa shape index (κ1) is 30.0. The number of allylic oxidation sites excluding steroid dienone is 4. The highest BCUT2D eigenvalue weighted by atomic mass is 32.1. The number of hydrogen-bond donors (Lipinski definition) is 2. The molecule has 0 radical (unpaired) electrons. The predicted molar refractivity (Wildman–Crippen MR) is 144 cm³/mol. The number of hydrogen-bond acceptors (Lipinski definition) is 3. The molecule has 1 rings (SSSR count). The number of unbranched alkanes of at least 4 members (excludes halogenated alkanes) is 15. The fraction of sp³-hybridized carbons (Fsp3) is 0.793. The summed E-state index contributed by atoms with van der Waals surface area (Å²) in [7, 11) is 0. The maximum atomic E-state index is 12.0. The molecule has 0 amide bonds. The van der Waals surface area contributed by atoms with E-state index in [1.165, 1.54) is 89.9 Å². The maximum Gasteiger partial charge on any atom is 0.319 e. The molecular weight excluding hydrogens is 428 g/mol. The van der Waals surface area contributed by atoms with Crippen molar-refractivity contribution in [2.75, 3.05) is 0 Å². The van der Waals surface area contributed by atoms with Gasteiger partial charge in [0, 0.05) is 5.92 Å². The number of rotatable bonds is 20. The van der Waals surface area contributed by atoms with Gasteiger partial charge in [0.05, 0.1) is 0 Å². The molecule has 2 unspecified atom stereocenters. The van der Waals surface area contributed by atoms with Gasteiger partial charge in [-0.15, -0.1) is 0 Å². The van der Waals surface area contributed by atoms with E-state index in [2.05, 4.69) is 19.6 Å². The van der Waals surface area contributed by atoms with Gasteiger partial charge in [0.1, 0.15) is 4.75 Å². The highest BCUT2D eigenvalue weighted by Gasteiger charge is 2.35. The average Bonchev–Trinajstić information content (AvgIpc) is 2.77. The Balaban J connectivity index is 2.09. The number of ketones is 1. The summed E-state index contributed by atoms with van der Waals surface area (Å²) in [5.74, 6) is -0.910. The van der Waals surface area contributed by atoms with Crippen LogP contribution in [0.2, 0.25) is 0 Å². The topological polar surface area (TPSA) is 54.4 Å². The van der Waals surface area contributed by atoms with E-state index in [-0.39, 0.29) is 11.7 Å². The summed E-state index contributed by atoms with van der Waals surface area (Å²) < 4.78 is -1.06. The molecule has 3 nitrogen and oxygen atoms in total. The Morgan fingerprint density at radius 2 is 1.30 bits per heavy atom. The van der Waals surface area contributed by atoms with Gasteiger partial charge in [-0.2, -0.15) is 12.6 Å². The van der Waals surface area contributed by atoms with E-state index in [4.69, 9.17) is 0 Å². The number of carboxylic acids is 1. The number of aliphatic carboxylic acids is 1. The minimum Gasteiger partial charge on any atom is -0.480 e. The molecule has 4 heteroatoms. The molecule has 0 saturated heterocycles. The Morgan fingerprint density at radius 3 is 1.70 bits per heavy atom. The molecule has 0 aromatic carbocycles. The van der Waals surface area contributed by atoms with Gasteiger partial charge in [-0.25, -0.2) is 0 Å². The van der Waals surface area contributed by atoms with Crippen LogP contribution in [0.15, 0.2) is 23.3 Å². The second kappa shape index (κ2) is 17.4. The molecule has 0 aromatic heterocycles. The Kier molecular flexibility index (Phi) is 15.8. The van der Waals surface area contributed by atoms with Gasteiger partial charge >= 0.3 is 5.97 Å². The number of carbonyl (C=O) groups is 2. The SMILES string of the molecule is CCCCCCCCCCCCCCCCCCC(S)(CC1=CC(C)C(=O)C(C)=C1)C(=O)O. The van der Waals surface area contributed by atoms with E-state index in [0.29, 0.717) is 18.4 Å². The Bertz CT molecular complexity index is 637. The quantitative estimate of drug-likeness (QED) is 0.136. The predicted octanol–water partition coefficient (Wildman–Crippen LogP) is 8.87. The van der Waals surface area contributed by atoms with E-state index in [0.717, 1.165) is 18.4 Å². The van der Waals surface area contributed by atoms with Crippen molar-refractivity contribution in [1.29, 1.82) is 0 Å². The summed E-state index contributed by atoms with van der Waals surface area (Å²) >= 11 is 4.58. The van der Waals surface area contributed by atoms with Crippen LogP contribution in [-0.2, 0) is 9.59 Å². The van der Waals surface area contributed by atoms with Crippen molar-refractivity contribution in [3.8, 4) is 0 Å². The Hall–Kier alpha value is -1.03. The van der Waals surface area contributed by atoms with Gasteiger partial charge in [-0.05, 0) is 30.9 Å². The molecule has 1 aliphatic carbocycles. The van der Waals surface area contributed by atoms with Crippen molar-refractivity contribution in [3.63, 3.8) is 0 Å². The molecular formula is C29H50O3S. The van der Waals surface area contributed by atoms with Gasteiger partial charge in [0.25, 0.3) is 0 Å². The van der Waals surface area contributed by atoms with E-state index in [1.807, 2.05) is 26.0 Å². The van der Waals surface area contributed by atoms with Crippen molar-refractivity contribution in [3.05, 3.63) is 23.3 Å². The molecule has 0 bridgehead atoms. The fourth-order valence-electron chi connectivity index (χ4n) is 4.84. The molecule has 0 heterocycles. The van der Waals surface area contributed by atoms with E-state index < -0.39 is 10.7 Å². The van der Waals surface area contributed by atoms with Crippen molar-refractivity contribution in [2.45, 2.75) is 141 Å². The van der Waals surface area contributed by atoms with Crippen molar-refractivity contribution in [2.24, 2.45) is 5.92 Å². The lowest BCUT2D eigenvalue weighted by molar-refractivity contribution is -0.140. The summed E-state index contributed by atoms with van der Waals surface area (Å²) in [5.41, 5.74) is 1.64. The minimum absolute atomic E-state index is 0.122. The second-order valence-corrected chi connectivity index (χ2v) is 11.1. The lowest BCUT2D eigenvalue weighted by Gasteiger charge is -2.26.